The van der Waals surface area contributed by atoms with Crippen LogP contribution in [0.25, 0.3) is 0 Å². The molecule has 22 heavy (non-hydrogen) atoms. The summed E-state index contributed by atoms with van der Waals surface area (Å²) in [6.45, 7) is 10.6. The van der Waals surface area contributed by atoms with Gasteiger partial charge in [0.05, 0.1) is 0 Å². The Kier molecular flexibility index (Phi) is 4.67. The molecule has 0 saturated carbocycles. The quantitative estimate of drug-likeness (QED) is 0.623. The highest BCUT2D eigenvalue weighted by molar-refractivity contribution is 6.31. The van der Waals surface area contributed by atoms with Crippen molar-refractivity contribution in [1.82, 2.24) is 0 Å². The Morgan fingerprint density at radius 3 is 2.09 bits per heavy atom. The van der Waals surface area contributed by atoms with Crippen LogP contribution in [-0.2, 0) is 17.3 Å². The van der Waals surface area contributed by atoms with Crippen LogP contribution in [0, 0.1) is 5.82 Å². The number of hydrogen-bond acceptors (Lipinski definition) is 0. The SMILES string of the molecule is CC(C)(C)c1ccc(CC(C)(C)c2ccccc2F)cc1Cl. The summed E-state index contributed by atoms with van der Waals surface area (Å²) in [7, 11) is 0. The molecule has 0 spiro atoms. The van der Waals surface area contributed by atoms with Crippen molar-refractivity contribution in [3.63, 3.8) is 0 Å². The van der Waals surface area contributed by atoms with Crippen LogP contribution in [-0.4, -0.2) is 0 Å². The molecule has 0 amide bonds. The third-order valence-corrected chi connectivity index (χ3v) is 4.40. The van der Waals surface area contributed by atoms with E-state index in [-0.39, 0.29) is 16.6 Å². The van der Waals surface area contributed by atoms with E-state index >= 15 is 0 Å². The van der Waals surface area contributed by atoms with E-state index in [1.54, 1.807) is 6.07 Å². The molecule has 0 aliphatic carbocycles. The van der Waals surface area contributed by atoms with E-state index in [4.69, 9.17) is 11.6 Å². The molecule has 0 saturated heterocycles. The van der Waals surface area contributed by atoms with Crippen LogP contribution in [0.3, 0.4) is 0 Å². The Labute approximate surface area is 138 Å². The van der Waals surface area contributed by atoms with Gasteiger partial charge in [0.15, 0.2) is 0 Å². The molecular weight excluding hydrogens is 295 g/mol. The summed E-state index contributed by atoms with van der Waals surface area (Å²) in [5, 5.41) is 0.786. The molecule has 2 aromatic carbocycles. The summed E-state index contributed by atoms with van der Waals surface area (Å²) < 4.78 is 14.1. The fourth-order valence-corrected chi connectivity index (χ4v) is 3.38. The summed E-state index contributed by atoms with van der Waals surface area (Å²) in [4.78, 5) is 0. The molecule has 0 aliphatic heterocycles. The Morgan fingerprint density at radius 2 is 1.55 bits per heavy atom. The van der Waals surface area contributed by atoms with E-state index in [0.717, 1.165) is 28.1 Å². The second kappa shape index (κ2) is 6.04. The lowest BCUT2D eigenvalue weighted by Crippen LogP contribution is -2.22. The van der Waals surface area contributed by atoms with Crippen LogP contribution in [0.5, 0.6) is 0 Å². The van der Waals surface area contributed by atoms with E-state index in [1.165, 1.54) is 6.07 Å². The first-order chi connectivity index (χ1) is 10.1. The van der Waals surface area contributed by atoms with Gasteiger partial charge in [0.25, 0.3) is 0 Å². The molecule has 0 aliphatic rings. The van der Waals surface area contributed by atoms with Gasteiger partial charge in [-0.05, 0) is 46.1 Å². The highest BCUT2D eigenvalue weighted by Crippen LogP contribution is 2.34. The predicted octanol–water partition coefficient (Wildman–Crippen LogP) is 6.30. The molecule has 0 heterocycles. The predicted molar refractivity (Wildman–Crippen MR) is 93.3 cm³/mol. The summed E-state index contributed by atoms with van der Waals surface area (Å²) >= 11 is 6.45. The maximum atomic E-state index is 14.1. The first-order valence-electron chi connectivity index (χ1n) is 7.65. The average molecular weight is 319 g/mol. The zero-order valence-electron chi connectivity index (χ0n) is 14.0. The minimum atomic E-state index is -0.280. The fourth-order valence-electron chi connectivity index (χ4n) is 2.89. The maximum absolute atomic E-state index is 14.1. The zero-order valence-corrected chi connectivity index (χ0v) is 14.8. The van der Waals surface area contributed by atoms with E-state index in [0.29, 0.717) is 0 Å². The third kappa shape index (κ3) is 3.70. The molecular formula is C20H24ClF. The molecule has 0 N–H and O–H groups in total. The summed E-state index contributed by atoms with van der Waals surface area (Å²) in [6, 6.07) is 13.2. The largest absolute Gasteiger partial charge is 0.207 e. The van der Waals surface area contributed by atoms with Crippen molar-refractivity contribution in [2.75, 3.05) is 0 Å². The monoisotopic (exact) mass is 318 g/mol. The lowest BCUT2D eigenvalue weighted by Gasteiger charge is -2.27. The lowest BCUT2D eigenvalue weighted by molar-refractivity contribution is 0.480. The number of hydrogen-bond donors (Lipinski definition) is 0. The third-order valence-electron chi connectivity index (χ3n) is 4.09. The average Bonchev–Trinajstić information content (AvgIpc) is 2.36. The topological polar surface area (TPSA) is 0 Å². The van der Waals surface area contributed by atoms with Crippen LogP contribution in [0.1, 0.15) is 51.3 Å². The van der Waals surface area contributed by atoms with Crippen LogP contribution in [0.2, 0.25) is 5.02 Å². The highest BCUT2D eigenvalue weighted by atomic mass is 35.5. The van der Waals surface area contributed by atoms with Gasteiger partial charge in [-0.25, -0.2) is 4.39 Å². The first kappa shape index (κ1) is 17.0. The van der Waals surface area contributed by atoms with E-state index in [1.807, 2.05) is 18.2 Å². The van der Waals surface area contributed by atoms with Gasteiger partial charge in [0.1, 0.15) is 5.82 Å². The Morgan fingerprint density at radius 1 is 0.909 bits per heavy atom. The van der Waals surface area contributed by atoms with Crippen molar-refractivity contribution in [3.05, 3.63) is 70.0 Å². The maximum Gasteiger partial charge on any atom is 0.126 e. The van der Waals surface area contributed by atoms with Crippen LogP contribution in [0.4, 0.5) is 4.39 Å². The second-order valence-corrected chi connectivity index (χ2v) is 8.01. The van der Waals surface area contributed by atoms with Crippen LogP contribution in [0.15, 0.2) is 42.5 Å². The van der Waals surface area contributed by atoms with Crippen molar-refractivity contribution in [3.8, 4) is 0 Å². The molecule has 0 aromatic heterocycles. The van der Waals surface area contributed by atoms with Gasteiger partial charge in [-0.15, -0.1) is 0 Å². The summed E-state index contributed by atoms with van der Waals surface area (Å²) in [5.41, 5.74) is 2.76. The first-order valence-corrected chi connectivity index (χ1v) is 8.03. The molecule has 0 fully saturated rings. The molecule has 0 nitrogen and oxygen atoms in total. The molecule has 0 radical (unpaired) electrons. The minimum Gasteiger partial charge on any atom is -0.207 e. The van der Waals surface area contributed by atoms with Crippen molar-refractivity contribution in [2.45, 2.75) is 51.9 Å². The Bertz CT molecular complexity index is 666. The molecule has 2 aromatic rings. The second-order valence-electron chi connectivity index (χ2n) is 7.60. The van der Waals surface area contributed by atoms with Gasteiger partial charge in [-0.2, -0.15) is 0 Å². The van der Waals surface area contributed by atoms with Gasteiger partial charge in [0.2, 0.25) is 0 Å². The standard InChI is InChI=1S/C20H24ClF/c1-19(2,3)15-11-10-14(12-17(15)21)13-20(4,5)16-8-6-7-9-18(16)22/h6-12H,13H2,1-5H3. The molecule has 2 heteroatoms. The van der Waals surface area contributed by atoms with E-state index in [2.05, 4.69) is 46.8 Å². The van der Waals surface area contributed by atoms with Crippen molar-refractivity contribution < 1.29 is 4.39 Å². The molecule has 0 atom stereocenters. The van der Waals surface area contributed by atoms with Crippen LogP contribution < -0.4 is 0 Å². The van der Waals surface area contributed by atoms with Gasteiger partial charge < -0.3 is 0 Å². The zero-order chi connectivity index (χ0) is 16.5. The molecule has 0 bridgehead atoms. The van der Waals surface area contributed by atoms with Crippen molar-refractivity contribution >= 4 is 11.6 Å². The molecule has 118 valence electrons. The summed E-state index contributed by atoms with van der Waals surface area (Å²) in [6.07, 6.45) is 0.748. The number of benzene rings is 2. The lowest BCUT2D eigenvalue weighted by atomic mass is 9.78. The van der Waals surface area contributed by atoms with Crippen LogP contribution >= 0.6 is 11.6 Å². The normalized spacial score (nSPS) is 12.5. The molecule has 0 unspecified atom stereocenters. The summed E-state index contributed by atoms with van der Waals surface area (Å²) in [5.74, 6) is -0.148. The number of rotatable bonds is 3. The smallest absolute Gasteiger partial charge is 0.126 e. The molecule has 2 rings (SSSR count). The Balaban J connectivity index is 2.31. The highest BCUT2D eigenvalue weighted by Gasteiger charge is 2.25. The minimum absolute atomic E-state index is 0.0245. The van der Waals surface area contributed by atoms with Crippen molar-refractivity contribution in [1.29, 1.82) is 0 Å². The van der Waals surface area contributed by atoms with E-state index in [9.17, 15) is 4.39 Å². The van der Waals surface area contributed by atoms with E-state index < -0.39 is 0 Å². The van der Waals surface area contributed by atoms with Gasteiger partial charge in [0, 0.05) is 5.02 Å². The van der Waals surface area contributed by atoms with Crippen molar-refractivity contribution in [2.24, 2.45) is 0 Å². The van der Waals surface area contributed by atoms with Gasteiger partial charge in [-0.3, -0.25) is 0 Å². The van der Waals surface area contributed by atoms with Gasteiger partial charge in [-0.1, -0.05) is 76.6 Å². The van der Waals surface area contributed by atoms with Gasteiger partial charge >= 0.3 is 0 Å². The number of halogens is 2. The fraction of sp³-hybridized carbons (Fsp3) is 0.400. The Hall–Kier alpha value is -1.34.